The summed E-state index contributed by atoms with van der Waals surface area (Å²) in [6, 6.07) is 9.17. The molecule has 19 heavy (non-hydrogen) atoms. The summed E-state index contributed by atoms with van der Waals surface area (Å²) in [6.07, 6.45) is -2.19. The third-order valence-corrected chi connectivity index (χ3v) is 4.17. The minimum absolute atomic E-state index is 0.0549. The van der Waals surface area contributed by atoms with Gasteiger partial charge in [0, 0.05) is 6.61 Å². The van der Waals surface area contributed by atoms with E-state index in [0.29, 0.717) is 6.61 Å². The molecule has 104 valence electrons. The molecule has 2 fully saturated rings. The van der Waals surface area contributed by atoms with Gasteiger partial charge in [-0.25, -0.2) is 0 Å². The zero-order chi connectivity index (χ0) is 13.7. The molecular formula is C14H18O5. The van der Waals surface area contributed by atoms with Gasteiger partial charge in [-0.05, 0) is 12.5 Å². The van der Waals surface area contributed by atoms with Crippen LogP contribution in [0.4, 0.5) is 0 Å². The van der Waals surface area contributed by atoms with Gasteiger partial charge in [-0.15, -0.1) is 0 Å². The maximum Gasteiger partial charge on any atom is 0.187 e. The van der Waals surface area contributed by atoms with Crippen LogP contribution in [-0.2, 0) is 9.47 Å². The Morgan fingerprint density at radius 2 is 2.00 bits per heavy atom. The SMILES string of the molecule is CCO[C@@H]1[C@@]2(O)C(O)OC[C@]1(O)C2c1ccccc1. The van der Waals surface area contributed by atoms with E-state index in [1.165, 1.54) is 0 Å². The van der Waals surface area contributed by atoms with E-state index in [0.717, 1.165) is 5.56 Å². The minimum atomic E-state index is -1.61. The normalized spacial score (nSPS) is 44.7. The Morgan fingerprint density at radius 3 is 2.63 bits per heavy atom. The van der Waals surface area contributed by atoms with E-state index in [-0.39, 0.29) is 6.61 Å². The van der Waals surface area contributed by atoms with Crippen molar-refractivity contribution in [2.45, 2.75) is 36.4 Å². The third kappa shape index (κ3) is 1.53. The number of benzene rings is 1. The van der Waals surface area contributed by atoms with Gasteiger partial charge in [-0.1, -0.05) is 30.3 Å². The fourth-order valence-corrected chi connectivity index (χ4v) is 3.43. The fraction of sp³-hybridized carbons (Fsp3) is 0.571. The van der Waals surface area contributed by atoms with E-state index in [9.17, 15) is 15.3 Å². The Morgan fingerprint density at radius 1 is 1.32 bits per heavy atom. The molecule has 1 aliphatic heterocycles. The first-order valence-corrected chi connectivity index (χ1v) is 6.46. The predicted molar refractivity (Wildman–Crippen MR) is 66.5 cm³/mol. The highest BCUT2D eigenvalue weighted by Gasteiger charge is 2.78. The van der Waals surface area contributed by atoms with Crippen molar-refractivity contribution in [3.8, 4) is 0 Å². The molecule has 2 bridgehead atoms. The number of hydrogen-bond acceptors (Lipinski definition) is 5. The van der Waals surface area contributed by atoms with Crippen LogP contribution >= 0.6 is 0 Å². The minimum Gasteiger partial charge on any atom is -0.384 e. The molecular weight excluding hydrogens is 248 g/mol. The Labute approximate surface area is 111 Å². The second kappa shape index (κ2) is 4.26. The van der Waals surface area contributed by atoms with Crippen molar-refractivity contribution in [2.24, 2.45) is 0 Å². The molecule has 1 saturated carbocycles. The second-order valence-corrected chi connectivity index (χ2v) is 5.22. The summed E-state index contributed by atoms with van der Waals surface area (Å²) >= 11 is 0. The van der Waals surface area contributed by atoms with Crippen LogP contribution < -0.4 is 0 Å². The molecule has 0 amide bonds. The zero-order valence-electron chi connectivity index (χ0n) is 10.7. The number of rotatable bonds is 3. The number of fused-ring (bicyclic) bond motifs is 2. The van der Waals surface area contributed by atoms with E-state index in [4.69, 9.17) is 9.47 Å². The summed E-state index contributed by atoms with van der Waals surface area (Å²) in [4.78, 5) is 0. The molecule has 0 spiro atoms. The Balaban J connectivity index is 2.02. The monoisotopic (exact) mass is 266 g/mol. The summed E-state index contributed by atoms with van der Waals surface area (Å²) in [7, 11) is 0. The molecule has 3 N–H and O–H groups in total. The molecule has 5 heteroatoms. The highest BCUT2D eigenvalue weighted by atomic mass is 16.6. The van der Waals surface area contributed by atoms with Crippen molar-refractivity contribution in [2.75, 3.05) is 13.2 Å². The van der Waals surface area contributed by atoms with Crippen LogP contribution in [-0.4, -0.2) is 52.1 Å². The molecule has 3 rings (SSSR count). The summed E-state index contributed by atoms with van der Waals surface area (Å²) in [6.45, 7) is 2.08. The summed E-state index contributed by atoms with van der Waals surface area (Å²) in [5, 5.41) is 31.4. The Kier molecular flexibility index (Phi) is 2.92. The summed E-state index contributed by atoms with van der Waals surface area (Å²) < 4.78 is 10.5. The first kappa shape index (κ1) is 13.0. The highest BCUT2D eigenvalue weighted by molar-refractivity contribution is 5.39. The third-order valence-electron chi connectivity index (χ3n) is 4.17. The van der Waals surface area contributed by atoms with Crippen LogP contribution in [0.15, 0.2) is 30.3 Å². The van der Waals surface area contributed by atoms with Gasteiger partial charge in [-0.2, -0.15) is 0 Å². The molecule has 2 aliphatic rings. The van der Waals surface area contributed by atoms with E-state index >= 15 is 0 Å². The standard InChI is InChI=1S/C14H18O5/c1-2-18-11-13(16)8-19-12(15)14(11,17)10(13)9-6-4-3-5-7-9/h3-7,10-12,15-17H,2,8H2,1H3/t10?,11-,12?,13-,14+/m0/s1. The van der Waals surface area contributed by atoms with Gasteiger partial charge < -0.3 is 24.8 Å². The van der Waals surface area contributed by atoms with Crippen LogP contribution in [0.5, 0.6) is 0 Å². The van der Waals surface area contributed by atoms with Gasteiger partial charge in [0.25, 0.3) is 0 Å². The van der Waals surface area contributed by atoms with E-state index in [1.54, 1.807) is 6.92 Å². The van der Waals surface area contributed by atoms with Gasteiger partial charge in [0.05, 0.1) is 12.5 Å². The van der Waals surface area contributed by atoms with Gasteiger partial charge in [0.1, 0.15) is 11.7 Å². The summed E-state index contributed by atoms with van der Waals surface area (Å²) in [5.41, 5.74) is -2.14. The van der Waals surface area contributed by atoms with Crippen molar-refractivity contribution < 1.29 is 24.8 Å². The molecule has 1 aromatic rings. The van der Waals surface area contributed by atoms with Gasteiger partial charge in [-0.3, -0.25) is 0 Å². The van der Waals surface area contributed by atoms with E-state index < -0.39 is 29.5 Å². The average molecular weight is 266 g/mol. The molecule has 1 aromatic carbocycles. The molecule has 0 radical (unpaired) electrons. The van der Waals surface area contributed by atoms with Crippen LogP contribution in [0, 0.1) is 0 Å². The topological polar surface area (TPSA) is 79.2 Å². The quantitative estimate of drug-likeness (QED) is 0.717. The van der Waals surface area contributed by atoms with Crippen LogP contribution in [0.25, 0.3) is 0 Å². The Hall–Kier alpha value is -0.980. The second-order valence-electron chi connectivity index (χ2n) is 5.22. The molecule has 2 unspecified atom stereocenters. The lowest BCUT2D eigenvalue weighted by molar-refractivity contribution is -0.419. The van der Waals surface area contributed by atoms with Gasteiger partial charge >= 0.3 is 0 Å². The fourth-order valence-electron chi connectivity index (χ4n) is 3.43. The van der Waals surface area contributed by atoms with E-state index in [2.05, 4.69) is 0 Å². The van der Waals surface area contributed by atoms with Crippen molar-refractivity contribution in [3.05, 3.63) is 35.9 Å². The largest absolute Gasteiger partial charge is 0.384 e. The smallest absolute Gasteiger partial charge is 0.187 e. The molecule has 0 aromatic heterocycles. The molecule has 1 aliphatic carbocycles. The number of aliphatic hydroxyl groups excluding tert-OH is 1. The maximum atomic E-state index is 10.7. The first-order chi connectivity index (χ1) is 9.05. The summed E-state index contributed by atoms with van der Waals surface area (Å²) in [5.74, 6) is -0.610. The van der Waals surface area contributed by atoms with Crippen LogP contribution in [0.2, 0.25) is 0 Å². The molecule has 5 atom stereocenters. The predicted octanol–water partition coefficient (Wildman–Crippen LogP) is -0.000300. The van der Waals surface area contributed by atoms with Crippen LogP contribution in [0.3, 0.4) is 0 Å². The zero-order valence-corrected chi connectivity index (χ0v) is 10.7. The van der Waals surface area contributed by atoms with Crippen LogP contribution in [0.1, 0.15) is 18.4 Å². The van der Waals surface area contributed by atoms with Gasteiger partial charge in [0.2, 0.25) is 0 Å². The molecule has 5 nitrogen and oxygen atoms in total. The lowest BCUT2D eigenvalue weighted by atomic mass is 9.51. The Bertz CT molecular complexity index is 464. The molecule has 1 saturated heterocycles. The number of ether oxygens (including phenoxy) is 2. The first-order valence-electron chi connectivity index (χ1n) is 6.46. The average Bonchev–Trinajstić information content (AvgIpc) is 2.41. The van der Waals surface area contributed by atoms with Gasteiger partial charge in [0.15, 0.2) is 11.9 Å². The van der Waals surface area contributed by atoms with E-state index in [1.807, 2.05) is 30.3 Å². The van der Waals surface area contributed by atoms with Crippen molar-refractivity contribution in [3.63, 3.8) is 0 Å². The lowest BCUT2D eigenvalue weighted by Crippen LogP contribution is -2.85. The maximum absolute atomic E-state index is 10.7. The number of hydrogen-bond donors (Lipinski definition) is 3. The van der Waals surface area contributed by atoms with Crippen molar-refractivity contribution in [1.29, 1.82) is 0 Å². The number of aliphatic hydroxyl groups is 3. The molecule has 1 heterocycles. The lowest BCUT2D eigenvalue weighted by Gasteiger charge is -2.66. The van der Waals surface area contributed by atoms with Crippen molar-refractivity contribution >= 4 is 0 Å². The van der Waals surface area contributed by atoms with Crippen molar-refractivity contribution in [1.82, 2.24) is 0 Å². The highest BCUT2D eigenvalue weighted by Crippen LogP contribution is 2.59.